The summed E-state index contributed by atoms with van der Waals surface area (Å²) in [4.78, 5) is 17.7. The van der Waals surface area contributed by atoms with Gasteiger partial charge in [0, 0.05) is 12.6 Å². The molecule has 0 saturated carbocycles. The van der Waals surface area contributed by atoms with Gasteiger partial charge in [0.15, 0.2) is 0 Å². The van der Waals surface area contributed by atoms with Crippen molar-refractivity contribution in [2.45, 2.75) is 53.0 Å². The van der Waals surface area contributed by atoms with Crippen LogP contribution in [0.1, 0.15) is 56.1 Å². The van der Waals surface area contributed by atoms with E-state index in [1.165, 1.54) is 12.8 Å². The first-order valence-corrected chi connectivity index (χ1v) is 6.95. The number of hydrogen-bond acceptors (Lipinski definition) is 3. The van der Waals surface area contributed by atoms with Crippen LogP contribution in [0.5, 0.6) is 0 Å². The third-order valence-electron chi connectivity index (χ3n) is 3.22. The first-order chi connectivity index (χ1) is 8.97. The van der Waals surface area contributed by atoms with Crippen LogP contribution in [0, 0.1) is 6.92 Å². The standard InChI is InChI=1S/C15H24N2O2/c1-5-6-7-10-17(11(2)3)14-9-8-13(15(18)19)12(4)16-14/h8-9,11H,5-7,10H2,1-4H3,(H,18,19). The van der Waals surface area contributed by atoms with E-state index in [1.807, 2.05) is 6.07 Å². The number of aryl methyl sites for hydroxylation is 1. The summed E-state index contributed by atoms with van der Waals surface area (Å²) in [6.07, 6.45) is 3.53. The molecule has 106 valence electrons. The van der Waals surface area contributed by atoms with Crippen LogP contribution in [0.2, 0.25) is 0 Å². The van der Waals surface area contributed by atoms with E-state index in [4.69, 9.17) is 5.11 Å². The molecule has 0 aromatic carbocycles. The zero-order valence-electron chi connectivity index (χ0n) is 12.3. The van der Waals surface area contributed by atoms with Crippen LogP contribution in [-0.4, -0.2) is 28.6 Å². The molecule has 1 aromatic heterocycles. The van der Waals surface area contributed by atoms with Gasteiger partial charge in [-0.25, -0.2) is 9.78 Å². The number of anilines is 1. The molecule has 0 saturated heterocycles. The highest BCUT2D eigenvalue weighted by Crippen LogP contribution is 2.18. The van der Waals surface area contributed by atoms with Crippen molar-refractivity contribution in [1.82, 2.24) is 4.98 Å². The van der Waals surface area contributed by atoms with E-state index in [0.29, 0.717) is 11.7 Å². The van der Waals surface area contributed by atoms with Gasteiger partial charge in [0.1, 0.15) is 5.82 Å². The number of aromatic nitrogens is 1. The summed E-state index contributed by atoms with van der Waals surface area (Å²) >= 11 is 0. The van der Waals surface area contributed by atoms with Crippen molar-refractivity contribution in [3.05, 3.63) is 23.4 Å². The predicted octanol–water partition coefficient (Wildman–Crippen LogP) is 3.49. The van der Waals surface area contributed by atoms with E-state index in [0.717, 1.165) is 18.8 Å². The third kappa shape index (κ3) is 4.23. The van der Waals surface area contributed by atoms with E-state index in [9.17, 15) is 4.79 Å². The van der Waals surface area contributed by atoms with Crippen molar-refractivity contribution in [3.63, 3.8) is 0 Å². The van der Waals surface area contributed by atoms with Crippen molar-refractivity contribution in [2.24, 2.45) is 0 Å². The van der Waals surface area contributed by atoms with Crippen LogP contribution < -0.4 is 4.90 Å². The number of unbranched alkanes of at least 4 members (excludes halogenated alkanes) is 2. The number of carboxylic acid groups (broad SMARTS) is 1. The minimum Gasteiger partial charge on any atom is -0.478 e. The summed E-state index contributed by atoms with van der Waals surface area (Å²) in [5, 5.41) is 9.02. The number of carbonyl (C=O) groups is 1. The Morgan fingerprint density at radius 1 is 1.37 bits per heavy atom. The van der Waals surface area contributed by atoms with Crippen LogP contribution in [0.4, 0.5) is 5.82 Å². The Morgan fingerprint density at radius 2 is 2.05 bits per heavy atom. The van der Waals surface area contributed by atoms with Crippen molar-refractivity contribution in [2.75, 3.05) is 11.4 Å². The summed E-state index contributed by atoms with van der Waals surface area (Å²) < 4.78 is 0. The summed E-state index contributed by atoms with van der Waals surface area (Å²) in [5.74, 6) is -0.0489. The Labute approximate surface area is 115 Å². The fraction of sp³-hybridized carbons (Fsp3) is 0.600. The Balaban J connectivity index is 2.90. The molecule has 0 radical (unpaired) electrons. The van der Waals surface area contributed by atoms with Gasteiger partial charge in [-0.05, 0) is 39.3 Å². The Bertz CT molecular complexity index is 430. The molecule has 1 aromatic rings. The fourth-order valence-corrected chi connectivity index (χ4v) is 2.10. The van der Waals surface area contributed by atoms with E-state index < -0.39 is 5.97 Å². The molecule has 1 N–H and O–H groups in total. The first-order valence-electron chi connectivity index (χ1n) is 6.95. The monoisotopic (exact) mass is 264 g/mol. The zero-order chi connectivity index (χ0) is 14.4. The van der Waals surface area contributed by atoms with Gasteiger partial charge in [0.2, 0.25) is 0 Å². The molecular formula is C15H24N2O2. The lowest BCUT2D eigenvalue weighted by atomic mass is 10.2. The molecule has 0 bridgehead atoms. The maximum Gasteiger partial charge on any atom is 0.337 e. The predicted molar refractivity (Wildman–Crippen MR) is 77.9 cm³/mol. The van der Waals surface area contributed by atoms with Crippen LogP contribution in [0.15, 0.2) is 12.1 Å². The first kappa shape index (κ1) is 15.5. The molecule has 0 aliphatic rings. The third-order valence-corrected chi connectivity index (χ3v) is 3.22. The Kier molecular flexibility index (Phi) is 5.80. The highest BCUT2D eigenvalue weighted by molar-refractivity contribution is 5.89. The minimum absolute atomic E-state index is 0.279. The summed E-state index contributed by atoms with van der Waals surface area (Å²) in [5.41, 5.74) is 0.854. The normalized spacial score (nSPS) is 10.8. The van der Waals surface area contributed by atoms with Crippen molar-refractivity contribution < 1.29 is 9.90 Å². The number of pyridine rings is 1. The van der Waals surface area contributed by atoms with Gasteiger partial charge in [-0.15, -0.1) is 0 Å². The average molecular weight is 264 g/mol. The Hall–Kier alpha value is -1.58. The van der Waals surface area contributed by atoms with Gasteiger partial charge < -0.3 is 10.0 Å². The van der Waals surface area contributed by atoms with Crippen LogP contribution in [-0.2, 0) is 0 Å². The summed E-state index contributed by atoms with van der Waals surface area (Å²) in [7, 11) is 0. The topological polar surface area (TPSA) is 53.4 Å². The van der Waals surface area contributed by atoms with Crippen molar-refractivity contribution in [1.29, 1.82) is 0 Å². The van der Waals surface area contributed by atoms with Gasteiger partial charge in [-0.3, -0.25) is 0 Å². The van der Waals surface area contributed by atoms with Gasteiger partial charge in [-0.1, -0.05) is 19.8 Å². The number of carboxylic acids is 1. The van der Waals surface area contributed by atoms with Gasteiger partial charge in [-0.2, -0.15) is 0 Å². The van der Waals surface area contributed by atoms with E-state index in [1.54, 1.807) is 13.0 Å². The second-order valence-electron chi connectivity index (χ2n) is 5.10. The molecule has 19 heavy (non-hydrogen) atoms. The van der Waals surface area contributed by atoms with Crippen LogP contribution >= 0.6 is 0 Å². The van der Waals surface area contributed by atoms with Crippen molar-refractivity contribution >= 4 is 11.8 Å². The highest BCUT2D eigenvalue weighted by atomic mass is 16.4. The molecule has 1 rings (SSSR count). The maximum atomic E-state index is 11.0. The lowest BCUT2D eigenvalue weighted by Gasteiger charge is -2.28. The SMILES string of the molecule is CCCCCN(c1ccc(C(=O)O)c(C)n1)C(C)C. The zero-order valence-corrected chi connectivity index (χ0v) is 12.3. The van der Waals surface area contributed by atoms with Gasteiger partial charge >= 0.3 is 5.97 Å². The molecule has 0 fully saturated rings. The highest BCUT2D eigenvalue weighted by Gasteiger charge is 2.14. The molecule has 4 nitrogen and oxygen atoms in total. The molecular weight excluding hydrogens is 240 g/mol. The van der Waals surface area contributed by atoms with E-state index in [2.05, 4.69) is 30.7 Å². The second kappa shape index (κ2) is 7.12. The quantitative estimate of drug-likeness (QED) is 0.766. The Morgan fingerprint density at radius 3 is 2.53 bits per heavy atom. The smallest absolute Gasteiger partial charge is 0.337 e. The summed E-state index contributed by atoms with van der Waals surface area (Å²) in [6.45, 7) is 9.16. The number of hydrogen-bond donors (Lipinski definition) is 1. The van der Waals surface area contributed by atoms with E-state index in [-0.39, 0.29) is 5.56 Å². The molecule has 4 heteroatoms. The molecule has 0 spiro atoms. The molecule has 0 aliphatic carbocycles. The molecule has 0 amide bonds. The second-order valence-corrected chi connectivity index (χ2v) is 5.10. The van der Waals surface area contributed by atoms with Gasteiger partial charge in [0.05, 0.1) is 11.3 Å². The lowest BCUT2D eigenvalue weighted by Crippen LogP contribution is -2.32. The number of aromatic carboxylic acids is 1. The molecule has 1 heterocycles. The number of nitrogens with zero attached hydrogens (tertiary/aromatic N) is 2. The summed E-state index contributed by atoms with van der Waals surface area (Å²) in [6, 6.07) is 3.82. The number of rotatable bonds is 7. The largest absolute Gasteiger partial charge is 0.478 e. The van der Waals surface area contributed by atoms with Crippen LogP contribution in [0.25, 0.3) is 0 Å². The van der Waals surface area contributed by atoms with E-state index >= 15 is 0 Å². The van der Waals surface area contributed by atoms with Crippen LogP contribution in [0.3, 0.4) is 0 Å². The minimum atomic E-state index is -0.918. The lowest BCUT2D eigenvalue weighted by molar-refractivity contribution is 0.0695. The fourth-order valence-electron chi connectivity index (χ4n) is 2.10. The average Bonchev–Trinajstić information content (AvgIpc) is 2.33. The molecule has 0 atom stereocenters. The van der Waals surface area contributed by atoms with Gasteiger partial charge in [0.25, 0.3) is 0 Å². The molecule has 0 aliphatic heterocycles. The molecule has 0 unspecified atom stereocenters. The maximum absolute atomic E-state index is 11.0. The van der Waals surface area contributed by atoms with Crippen molar-refractivity contribution in [3.8, 4) is 0 Å².